The lowest BCUT2D eigenvalue weighted by Gasteiger charge is -2.34. The summed E-state index contributed by atoms with van der Waals surface area (Å²) < 4.78 is 40.9. The Morgan fingerprint density at radius 1 is 1.29 bits per heavy atom. The summed E-state index contributed by atoms with van der Waals surface area (Å²) in [5.41, 5.74) is 0.974. The Balaban J connectivity index is 0.00000392. The Labute approximate surface area is 183 Å². The standard InChI is InChI=1S/C17H28FN5O3S.HI/c1-2-20-17(21-7-12-27(19,24)25)22-13-16(23-8-10-26-11-9-23)14-3-5-15(18)6-4-14;/h3-6,16H,2,7-13H2,1H3,(H2,19,24,25)(H2,20,21,22);1H. The molecule has 0 bridgehead atoms. The van der Waals surface area contributed by atoms with Crippen LogP contribution in [0.3, 0.4) is 0 Å². The van der Waals surface area contributed by atoms with Gasteiger partial charge in [0.25, 0.3) is 0 Å². The number of guanidine groups is 1. The Bertz CT molecular complexity index is 712. The first-order valence-electron chi connectivity index (χ1n) is 8.99. The molecule has 0 amide bonds. The first-order valence-corrected chi connectivity index (χ1v) is 10.7. The van der Waals surface area contributed by atoms with E-state index in [0.29, 0.717) is 32.3 Å². The summed E-state index contributed by atoms with van der Waals surface area (Å²) in [7, 11) is -3.53. The molecular formula is C17H29FIN5O3S. The zero-order valence-corrected chi connectivity index (χ0v) is 19.1. The molecule has 4 N–H and O–H groups in total. The van der Waals surface area contributed by atoms with Crippen LogP contribution in [0, 0.1) is 5.82 Å². The highest BCUT2D eigenvalue weighted by atomic mass is 127. The second-order valence-electron chi connectivity index (χ2n) is 6.23. The van der Waals surface area contributed by atoms with Crippen LogP contribution in [0.15, 0.2) is 29.3 Å². The van der Waals surface area contributed by atoms with E-state index < -0.39 is 10.0 Å². The minimum absolute atomic E-state index is 0. The van der Waals surface area contributed by atoms with Crippen molar-refractivity contribution in [3.05, 3.63) is 35.6 Å². The number of nitrogens with zero attached hydrogens (tertiary/aromatic N) is 2. The van der Waals surface area contributed by atoms with Crippen LogP contribution in [0.5, 0.6) is 0 Å². The van der Waals surface area contributed by atoms with Gasteiger partial charge in [0.15, 0.2) is 5.96 Å². The van der Waals surface area contributed by atoms with Crippen molar-refractivity contribution in [1.82, 2.24) is 15.5 Å². The molecule has 1 aromatic rings. The van der Waals surface area contributed by atoms with Gasteiger partial charge in [-0.15, -0.1) is 24.0 Å². The third-order valence-corrected chi connectivity index (χ3v) is 4.96. The van der Waals surface area contributed by atoms with Gasteiger partial charge in [-0.1, -0.05) is 12.1 Å². The number of ether oxygens (including phenoxy) is 1. The molecule has 2 rings (SSSR count). The minimum atomic E-state index is -3.53. The molecule has 1 fully saturated rings. The molecule has 1 aliphatic rings. The smallest absolute Gasteiger partial charge is 0.210 e. The highest BCUT2D eigenvalue weighted by Crippen LogP contribution is 2.22. The van der Waals surface area contributed by atoms with Gasteiger partial charge in [-0.3, -0.25) is 9.89 Å². The second kappa shape index (κ2) is 12.5. The van der Waals surface area contributed by atoms with Gasteiger partial charge in [0.1, 0.15) is 5.82 Å². The molecule has 1 heterocycles. The summed E-state index contributed by atoms with van der Waals surface area (Å²) in [6.07, 6.45) is 0. The van der Waals surface area contributed by atoms with E-state index in [2.05, 4.69) is 20.5 Å². The molecule has 1 atom stereocenters. The van der Waals surface area contributed by atoms with Crippen molar-refractivity contribution >= 4 is 40.0 Å². The van der Waals surface area contributed by atoms with E-state index in [1.165, 1.54) is 12.1 Å². The van der Waals surface area contributed by atoms with Crippen LogP contribution in [0.25, 0.3) is 0 Å². The molecule has 28 heavy (non-hydrogen) atoms. The predicted molar refractivity (Wildman–Crippen MR) is 119 cm³/mol. The monoisotopic (exact) mass is 529 g/mol. The van der Waals surface area contributed by atoms with Gasteiger partial charge in [0.05, 0.1) is 31.6 Å². The molecule has 0 aromatic heterocycles. The van der Waals surface area contributed by atoms with Gasteiger partial charge in [-0.05, 0) is 24.6 Å². The maximum Gasteiger partial charge on any atom is 0.210 e. The number of halogens is 2. The second-order valence-corrected chi connectivity index (χ2v) is 7.96. The number of hydrogen-bond acceptors (Lipinski definition) is 5. The molecule has 1 unspecified atom stereocenters. The van der Waals surface area contributed by atoms with Crippen LogP contribution >= 0.6 is 24.0 Å². The fraction of sp³-hybridized carbons (Fsp3) is 0.588. The van der Waals surface area contributed by atoms with Crippen molar-refractivity contribution in [2.75, 3.05) is 51.7 Å². The van der Waals surface area contributed by atoms with E-state index in [0.717, 1.165) is 18.7 Å². The molecule has 0 saturated carbocycles. The Kier molecular flexibility index (Phi) is 11.2. The molecule has 1 saturated heterocycles. The third-order valence-electron chi connectivity index (χ3n) is 4.19. The van der Waals surface area contributed by atoms with Crippen molar-refractivity contribution < 1.29 is 17.5 Å². The van der Waals surface area contributed by atoms with Crippen LogP contribution in [0.1, 0.15) is 18.5 Å². The Morgan fingerprint density at radius 2 is 1.93 bits per heavy atom. The number of hydrogen-bond donors (Lipinski definition) is 3. The molecular weight excluding hydrogens is 500 g/mol. The van der Waals surface area contributed by atoms with E-state index in [-0.39, 0.29) is 48.1 Å². The average molecular weight is 529 g/mol. The summed E-state index contributed by atoms with van der Waals surface area (Å²) in [6, 6.07) is 6.41. The van der Waals surface area contributed by atoms with E-state index in [1.807, 2.05) is 6.92 Å². The zero-order valence-electron chi connectivity index (χ0n) is 15.9. The zero-order chi connectivity index (χ0) is 19.7. The molecule has 1 aromatic carbocycles. The van der Waals surface area contributed by atoms with Crippen molar-refractivity contribution in [2.24, 2.45) is 10.1 Å². The lowest BCUT2D eigenvalue weighted by molar-refractivity contribution is 0.0179. The Hall–Kier alpha value is -1.02. The van der Waals surface area contributed by atoms with Crippen LogP contribution in [0.2, 0.25) is 0 Å². The van der Waals surface area contributed by atoms with Crippen LogP contribution < -0.4 is 15.8 Å². The van der Waals surface area contributed by atoms with Crippen molar-refractivity contribution in [2.45, 2.75) is 13.0 Å². The molecule has 0 radical (unpaired) electrons. The first-order chi connectivity index (χ1) is 12.9. The van der Waals surface area contributed by atoms with Gasteiger partial charge >= 0.3 is 0 Å². The highest BCUT2D eigenvalue weighted by molar-refractivity contribution is 14.0. The predicted octanol–water partition coefficient (Wildman–Crippen LogP) is 0.661. The fourth-order valence-corrected chi connectivity index (χ4v) is 3.22. The highest BCUT2D eigenvalue weighted by Gasteiger charge is 2.22. The number of rotatable bonds is 8. The molecule has 0 aliphatic carbocycles. The number of aliphatic imine (C=N–C) groups is 1. The topological polar surface area (TPSA) is 109 Å². The first kappa shape index (κ1) is 25.0. The van der Waals surface area contributed by atoms with E-state index in [9.17, 15) is 12.8 Å². The van der Waals surface area contributed by atoms with Crippen molar-refractivity contribution in [1.29, 1.82) is 0 Å². The molecule has 1 aliphatic heterocycles. The fourth-order valence-electron chi connectivity index (χ4n) is 2.84. The normalized spacial score (nSPS) is 16.9. The average Bonchev–Trinajstić information content (AvgIpc) is 2.63. The van der Waals surface area contributed by atoms with Crippen molar-refractivity contribution in [3.63, 3.8) is 0 Å². The molecule has 160 valence electrons. The quantitative estimate of drug-likeness (QED) is 0.260. The SMILES string of the molecule is CCNC(=NCC(c1ccc(F)cc1)N1CCOCC1)NCCS(N)(=O)=O.I. The molecule has 0 spiro atoms. The van der Waals surface area contributed by atoms with Crippen LogP contribution in [-0.4, -0.2) is 71.0 Å². The van der Waals surface area contributed by atoms with E-state index in [1.54, 1.807) is 12.1 Å². The largest absolute Gasteiger partial charge is 0.379 e. The summed E-state index contributed by atoms with van der Waals surface area (Å²) in [5, 5.41) is 11.1. The summed E-state index contributed by atoms with van der Waals surface area (Å²) in [4.78, 5) is 6.85. The van der Waals surface area contributed by atoms with Gasteiger partial charge in [-0.2, -0.15) is 0 Å². The number of primary sulfonamides is 1. The number of sulfonamides is 1. The van der Waals surface area contributed by atoms with Gasteiger partial charge in [0.2, 0.25) is 10.0 Å². The van der Waals surface area contributed by atoms with Crippen molar-refractivity contribution in [3.8, 4) is 0 Å². The summed E-state index contributed by atoms with van der Waals surface area (Å²) >= 11 is 0. The van der Waals surface area contributed by atoms with Crippen LogP contribution in [0.4, 0.5) is 4.39 Å². The molecule has 8 nitrogen and oxygen atoms in total. The third kappa shape index (κ3) is 8.99. The van der Waals surface area contributed by atoms with Gasteiger partial charge < -0.3 is 15.4 Å². The summed E-state index contributed by atoms with van der Waals surface area (Å²) in [6.45, 7) is 6.01. The number of nitrogens with one attached hydrogen (secondary N) is 2. The maximum absolute atomic E-state index is 13.3. The van der Waals surface area contributed by atoms with E-state index >= 15 is 0 Å². The lowest BCUT2D eigenvalue weighted by atomic mass is 10.0. The molecule has 11 heteroatoms. The van der Waals surface area contributed by atoms with Gasteiger partial charge in [-0.25, -0.2) is 17.9 Å². The van der Waals surface area contributed by atoms with Crippen LogP contribution in [-0.2, 0) is 14.8 Å². The lowest BCUT2D eigenvalue weighted by Crippen LogP contribution is -2.42. The van der Waals surface area contributed by atoms with E-state index in [4.69, 9.17) is 9.88 Å². The van der Waals surface area contributed by atoms with Gasteiger partial charge in [0, 0.05) is 26.2 Å². The maximum atomic E-state index is 13.3. The number of morpholine rings is 1. The number of benzene rings is 1. The Morgan fingerprint density at radius 3 is 2.50 bits per heavy atom. The minimum Gasteiger partial charge on any atom is -0.379 e. The number of nitrogens with two attached hydrogens (primary N) is 1. The summed E-state index contributed by atoms with van der Waals surface area (Å²) in [5.74, 6) is 0.0601.